The summed E-state index contributed by atoms with van der Waals surface area (Å²) in [7, 11) is 0. The summed E-state index contributed by atoms with van der Waals surface area (Å²) in [5, 5.41) is 10.5. The molecule has 4 rings (SSSR count). The van der Waals surface area contributed by atoms with Gasteiger partial charge < -0.3 is 5.11 Å². The number of fused-ring (bicyclic) bond motifs is 5. The largest absolute Gasteiger partial charge is 0.393 e. The van der Waals surface area contributed by atoms with Crippen molar-refractivity contribution in [2.45, 2.75) is 77.7 Å². The molecule has 4 saturated carbocycles. The van der Waals surface area contributed by atoms with Crippen molar-refractivity contribution in [1.82, 2.24) is 0 Å². The van der Waals surface area contributed by atoms with Gasteiger partial charge >= 0.3 is 0 Å². The fraction of sp³-hybridized carbons (Fsp3) is 0.947. The zero-order valence-electron chi connectivity index (χ0n) is 13.6. The number of hydrogen-bond acceptors (Lipinski definition) is 2. The van der Waals surface area contributed by atoms with Gasteiger partial charge in [0.2, 0.25) is 0 Å². The monoisotopic (exact) mass is 290 g/mol. The average Bonchev–Trinajstić information content (AvgIpc) is 2.76. The standard InChI is InChI=1S/C19H30O2/c1-18-9-7-13(20)11-12(18)3-4-14-15-5-6-17(21)19(15,2)10-8-16(14)18/h12,14-17,21H,3-11H2,1-2H3/t12-,14-,15-,16-,17-,18+,19-/m1/s1. The Morgan fingerprint density at radius 2 is 1.71 bits per heavy atom. The molecule has 0 bridgehead atoms. The summed E-state index contributed by atoms with van der Waals surface area (Å²) in [5.41, 5.74) is 0.598. The molecular weight excluding hydrogens is 260 g/mol. The molecule has 0 spiro atoms. The van der Waals surface area contributed by atoms with Crippen LogP contribution in [0.25, 0.3) is 0 Å². The fourth-order valence-electron chi connectivity index (χ4n) is 7.02. The molecule has 0 amide bonds. The van der Waals surface area contributed by atoms with Crippen molar-refractivity contribution < 1.29 is 9.90 Å². The lowest BCUT2D eigenvalue weighted by Crippen LogP contribution is -2.54. The molecular formula is C19H30O2. The number of aliphatic hydroxyl groups is 1. The molecule has 4 aliphatic rings. The van der Waals surface area contributed by atoms with E-state index in [-0.39, 0.29) is 11.5 Å². The van der Waals surface area contributed by atoms with E-state index in [2.05, 4.69) is 13.8 Å². The highest BCUT2D eigenvalue weighted by molar-refractivity contribution is 5.79. The zero-order valence-corrected chi connectivity index (χ0v) is 13.6. The van der Waals surface area contributed by atoms with E-state index in [0.717, 1.165) is 43.4 Å². The Morgan fingerprint density at radius 3 is 2.52 bits per heavy atom. The van der Waals surface area contributed by atoms with E-state index in [1.54, 1.807) is 0 Å². The average molecular weight is 290 g/mol. The van der Waals surface area contributed by atoms with Gasteiger partial charge in [-0.25, -0.2) is 0 Å². The first-order valence-corrected chi connectivity index (χ1v) is 9.15. The molecule has 2 nitrogen and oxygen atoms in total. The lowest BCUT2D eigenvalue weighted by molar-refractivity contribution is -0.141. The third-order valence-corrected chi connectivity index (χ3v) is 8.43. The second-order valence-electron chi connectivity index (χ2n) is 9.04. The number of ketones is 1. The minimum Gasteiger partial charge on any atom is -0.393 e. The van der Waals surface area contributed by atoms with Gasteiger partial charge in [0.15, 0.2) is 0 Å². The van der Waals surface area contributed by atoms with Gasteiger partial charge in [0.05, 0.1) is 6.10 Å². The van der Waals surface area contributed by atoms with Crippen LogP contribution in [0.2, 0.25) is 0 Å². The third-order valence-electron chi connectivity index (χ3n) is 8.43. The van der Waals surface area contributed by atoms with E-state index in [4.69, 9.17) is 0 Å². The number of hydrogen-bond donors (Lipinski definition) is 1. The number of carbonyl (C=O) groups is 1. The normalized spacial score (nSPS) is 56.5. The van der Waals surface area contributed by atoms with E-state index >= 15 is 0 Å². The van der Waals surface area contributed by atoms with Crippen LogP contribution in [0.4, 0.5) is 0 Å². The van der Waals surface area contributed by atoms with Crippen LogP contribution < -0.4 is 0 Å². The van der Waals surface area contributed by atoms with Gasteiger partial charge in [-0.1, -0.05) is 13.8 Å². The number of Topliss-reactive ketones (excluding diaryl/α,β-unsaturated/α-hetero) is 1. The maximum Gasteiger partial charge on any atom is 0.133 e. The van der Waals surface area contributed by atoms with Crippen molar-refractivity contribution >= 4 is 5.78 Å². The fourth-order valence-corrected chi connectivity index (χ4v) is 7.02. The van der Waals surface area contributed by atoms with Crippen LogP contribution in [0, 0.1) is 34.5 Å². The predicted molar refractivity (Wildman–Crippen MR) is 82.7 cm³/mol. The Hall–Kier alpha value is -0.370. The molecule has 0 saturated heterocycles. The Morgan fingerprint density at radius 1 is 0.952 bits per heavy atom. The Kier molecular flexibility index (Phi) is 3.10. The number of aliphatic hydroxyl groups excluding tert-OH is 1. The number of rotatable bonds is 0. The topological polar surface area (TPSA) is 37.3 Å². The van der Waals surface area contributed by atoms with Gasteiger partial charge in [0.1, 0.15) is 5.78 Å². The van der Waals surface area contributed by atoms with Crippen LogP contribution in [0.3, 0.4) is 0 Å². The van der Waals surface area contributed by atoms with Crippen molar-refractivity contribution in [3.05, 3.63) is 0 Å². The van der Waals surface area contributed by atoms with Gasteiger partial charge in [0.25, 0.3) is 0 Å². The molecule has 0 aromatic heterocycles. The zero-order chi connectivity index (χ0) is 14.8. The Labute approximate surface area is 128 Å². The third kappa shape index (κ3) is 1.84. The summed E-state index contributed by atoms with van der Waals surface area (Å²) < 4.78 is 0. The lowest BCUT2D eigenvalue weighted by atomic mass is 9.45. The van der Waals surface area contributed by atoms with Crippen molar-refractivity contribution in [1.29, 1.82) is 0 Å². The summed E-state index contributed by atoms with van der Waals surface area (Å²) in [6.07, 6.45) is 10.0. The molecule has 4 aliphatic carbocycles. The highest BCUT2D eigenvalue weighted by Crippen LogP contribution is 2.65. The molecule has 4 fully saturated rings. The molecule has 0 aromatic rings. The van der Waals surface area contributed by atoms with E-state index in [9.17, 15) is 9.90 Å². The Balaban J connectivity index is 1.64. The lowest BCUT2D eigenvalue weighted by Gasteiger charge is -2.60. The SMILES string of the molecule is C[C@]12CCC(=O)C[C@H]1CC[C@H]1[C@H]2CC[C@@]2(C)[C@H](O)CC[C@H]12. The Bertz CT molecular complexity index is 458. The molecule has 0 unspecified atom stereocenters. The summed E-state index contributed by atoms with van der Waals surface area (Å²) in [6.45, 7) is 4.85. The summed E-state index contributed by atoms with van der Waals surface area (Å²) in [5.74, 6) is 3.52. The summed E-state index contributed by atoms with van der Waals surface area (Å²) in [4.78, 5) is 11.9. The van der Waals surface area contributed by atoms with Crippen LogP contribution in [-0.2, 0) is 4.79 Å². The molecule has 118 valence electrons. The van der Waals surface area contributed by atoms with Crippen molar-refractivity contribution in [2.75, 3.05) is 0 Å². The van der Waals surface area contributed by atoms with Crippen molar-refractivity contribution in [2.24, 2.45) is 34.5 Å². The van der Waals surface area contributed by atoms with E-state index < -0.39 is 0 Å². The van der Waals surface area contributed by atoms with Crippen LogP contribution in [0.5, 0.6) is 0 Å². The van der Waals surface area contributed by atoms with E-state index in [0.29, 0.717) is 17.1 Å². The quantitative estimate of drug-likeness (QED) is 0.733. The first kappa shape index (κ1) is 14.2. The highest BCUT2D eigenvalue weighted by Gasteiger charge is 2.59. The first-order chi connectivity index (χ1) is 9.95. The van der Waals surface area contributed by atoms with Gasteiger partial charge in [-0.3, -0.25) is 4.79 Å². The molecule has 0 heterocycles. The molecule has 0 radical (unpaired) electrons. The first-order valence-electron chi connectivity index (χ1n) is 9.15. The second kappa shape index (κ2) is 4.57. The van der Waals surface area contributed by atoms with Gasteiger partial charge in [-0.15, -0.1) is 0 Å². The van der Waals surface area contributed by atoms with Crippen LogP contribution >= 0.6 is 0 Å². The molecule has 2 heteroatoms. The summed E-state index contributed by atoms with van der Waals surface area (Å²) in [6, 6.07) is 0. The predicted octanol–water partition coefficient (Wildman–Crippen LogP) is 3.96. The molecule has 21 heavy (non-hydrogen) atoms. The molecule has 0 aromatic carbocycles. The van der Waals surface area contributed by atoms with Crippen LogP contribution in [0.15, 0.2) is 0 Å². The summed E-state index contributed by atoms with van der Waals surface area (Å²) >= 11 is 0. The van der Waals surface area contributed by atoms with Crippen LogP contribution in [0.1, 0.15) is 71.6 Å². The molecule has 0 aliphatic heterocycles. The molecule has 1 N–H and O–H groups in total. The van der Waals surface area contributed by atoms with Gasteiger partial charge in [-0.05, 0) is 79.4 Å². The smallest absolute Gasteiger partial charge is 0.133 e. The minimum atomic E-state index is -0.0677. The highest BCUT2D eigenvalue weighted by atomic mass is 16.3. The van der Waals surface area contributed by atoms with E-state index in [1.165, 1.54) is 32.1 Å². The van der Waals surface area contributed by atoms with Crippen molar-refractivity contribution in [3.8, 4) is 0 Å². The second-order valence-corrected chi connectivity index (χ2v) is 9.04. The molecule has 7 atom stereocenters. The maximum atomic E-state index is 11.9. The van der Waals surface area contributed by atoms with Crippen molar-refractivity contribution in [3.63, 3.8) is 0 Å². The van der Waals surface area contributed by atoms with E-state index in [1.807, 2.05) is 0 Å². The number of carbonyl (C=O) groups excluding carboxylic acids is 1. The van der Waals surface area contributed by atoms with Gasteiger partial charge in [0, 0.05) is 12.8 Å². The van der Waals surface area contributed by atoms with Crippen LogP contribution in [-0.4, -0.2) is 17.0 Å². The van der Waals surface area contributed by atoms with Gasteiger partial charge in [-0.2, -0.15) is 0 Å². The minimum absolute atomic E-state index is 0.0677. The maximum absolute atomic E-state index is 11.9.